The lowest BCUT2D eigenvalue weighted by Crippen LogP contribution is -2.01. The number of benzene rings is 1. The molecule has 0 aromatic heterocycles. The fraction of sp³-hybridized carbons (Fsp3) is 0. The summed E-state index contributed by atoms with van der Waals surface area (Å²) >= 11 is 3.34. The van der Waals surface area contributed by atoms with E-state index in [-0.39, 0.29) is 5.56 Å². The summed E-state index contributed by atoms with van der Waals surface area (Å²) in [5, 5.41) is 9.69. The zero-order valence-electron chi connectivity index (χ0n) is 10.4. The molecule has 0 unspecified atom stereocenters. The van der Waals surface area contributed by atoms with E-state index in [2.05, 4.69) is 15.9 Å². The van der Waals surface area contributed by atoms with Gasteiger partial charge in [0.15, 0.2) is 11.5 Å². The van der Waals surface area contributed by atoms with Crippen LogP contribution in [0.5, 0.6) is 5.75 Å². The molecule has 1 N–H and O–H groups in total. The largest absolute Gasteiger partial charge is 0.504 e. The first kappa shape index (κ1) is 14.2. The minimum absolute atomic E-state index is 0.00810. The third-order valence-corrected chi connectivity index (χ3v) is 3.14. The molecular formula is C16H11BrO3. The number of carbonyl (C=O) groups excluding carboxylic acids is 1. The maximum Gasteiger partial charge on any atom is 0.220 e. The minimum atomic E-state index is -0.575. The normalized spacial score (nSPS) is 10.7. The predicted octanol–water partition coefficient (Wildman–Crippen LogP) is 3.41. The molecule has 2 aromatic carbocycles. The molecule has 4 heteroatoms. The molecule has 0 spiro atoms. The Morgan fingerprint density at radius 1 is 1.10 bits per heavy atom. The molecule has 2 rings (SSSR count). The van der Waals surface area contributed by atoms with Crippen molar-refractivity contribution in [3.63, 3.8) is 0 Å². The van der Waals surface area contributed by atoms with Crippen molar-refractivity contribution in [1.82, 2.24) is 0 Å². The van der Waals surface area contributed by atoms with Gasteiger partial charge in [-0.1, -0.05) is 46.3 Å². The van der Waals surface area contributed by atoms with E-state index in [4.69, 9.17) is 0 Å². The molecule has 0 amide bonds. The fourth-order valence-corrected chi connectivity index (χ4v) is 2.07. The number of hydrogen-bond acceptors (Lipinski definition) is 3. The van der Waals surface area contributed by atoms with Crippen molar-refractivity contribution >= 4 is 27.8 Å². The number of ketones is 1. The maximum atomic E-state index is 12.0. The molecule has 0 saturated carbocycles. The fourth-order valence-electron chi connectivity index (χ4n) is 1.66. The first-order chi connectivity index (χ1) is 9.58. The van der Waals surface area contributed by atoms with Crippen LogP contribution in [0.25, 0.3) is 6.08 Å². The zero-order chi connectivity index (χ0) is 14.5. The van der Waals surface area contributed by atoms with E-state index in [1.807, 2.05) is 24.3 Å². The van der Waals surface area contributed by atoms with Crippen LogP contribution in [-0.4, -0.2) is 10.9 Å². The topological polar surface area (TPSA) is 54.4 Å². The second kappa shape index (κ2) is 6.30. The van der Waals surface area contributed by atoms with Crippen LogP contribution in [0.1, 0.15) is 15.9 Å². The van der Waals surface area contributed by atoms with Crippen molar-refractivity contribution in [3.8, 4) is 5.75 Å². The summed E-state index contributed by atoms with van der Waals surface area (Å²) in [6, 6.07) is 13.1. The van der Waals surface area contributed by atoms with Gasteiger partial charge in [-0.25, -0.2) is 0 Å². The van der Waals surface area contributed by atoms with Gasteiger partial charge >= 0.3 is 0 Å². The first-order valence-corrected chi connectivity index (χ1v) is 6.67. The summed E-state index contributed by atoms with van der Waals surface area (Å²) in [5.41, 5.74) is 0.260. The van der Waals surface area contributed by atoms with Gasteiger partial charge in [0, 0.05) is 4.47 Å². The molecule has 0 radical (unpaired) electrons. The second-order valence-corrected chi connectivity index (χ2v) is 5.01. The monoisotopic (exact) mass is 330 g/mol. The predicted molar refractivity (Wildman–Crippen MR) is 81.9 cm³/mol. The van der Waals surface area contributed by atoms with Gasteiger partial charge in [0.05, 0.1) is 5.56 Å². The van der Waals surface area contributed by atoms with E-state index in [9.17, 15) is 14.7 Å². The summed E-state index contributed by atoms with van der Waals surface area (Å²) in [6.45, 7) is 0. The van der Waals surface area contributed by atoms with Crippen molar-refractivity contribution in [3.05, 3.63) is 80.4 Å². The van der Waals surface area contributed by atoms with Crippen molar-refractivity contribution in [1.29, 1.82) is 0 Å². The Labute approximate surface area is 124 Å². The molecule has 0 aliphatic carbocycles. The standard InChI is InChI=1S/C16H11BrO3/c17-12-5-3-4-11(10-12)8-9-14(18)13-6-1-2-7-15(19)16(13)20/h1-10H,(H,19,20). The molecule has 20 heavy (non-hydrogen) atoms. The Balaban J connectivity index is 2.32. The van der Waals surface area contributed by atoms with Gasteiger partial charge in [0.2, 0.25) is 5.43 Å². The average Bonchev–Trinajstić information content (AvgIpc) is 2.59. The van der Waals surface area contributed by atoms with Crippen LogP contribution in [-0.2, 0) is 0 Å². The molecule has 2 aromatic rings. The molecule has 3 nitrogen and oxygen atoms in total. The highest BCUT2D eigenvalue weighted by atomic mass is 79.9. The van der Waals surface area contributed by atoms with Gasteiger partial charge in [0.1, 0.15) is 0 Å². The third kappa shape index (κ3) is 3.42. The number of rotatable bonds is 3. The van der Waals surface area contributed by atoms with E-state index in [1.54, 1.807) is 12.1 Å². The summed E-state index contributed by atoms with van der Waals surface area (Å²) < 4.78 is 0.905. The van der Waals surface area contributed by atoms with E-state index < -0.39 is 17.0 Å². The summed E-state index contributed by atoms with van der Waals surface area (Å²) in [5.74, 6) is -0.949. The summed E-state index contributed by atoms with van der Waals surface area (Å²) in [7, 11) is 0. The number of allylic oxidation sites excluding steroid dienone is 1. The Morgan fingerprint density at radius 3 is 2.60 bits per heavy atom. The number of hydrogen-bond donors (Lipinski definition) is 1. The van der Waals surface area contributed by atoms with Gasteiger partial charge in [-0.2, -0.15) is 0 Å². The second-order valence-electron chi connectivity index (χ2n) is 4.10. The Bertz CT molecular complexity index is 736. The molecule has 0 heterocycles. The highest BCUT2D eigenvalue weighted by Crippen LogP contribution is 2.15. The lowest BCUT2D eigenvalue weighted by atomic mass is 10.1. The van der Waals surface area contributed by atoms with Crippen molar-refractivity contribution < 1.29 is 9.90 Å². The average molecular weight is 331 g/mol. The Hall–Kier alpha value is -2.20. The van der Waals surface area contributed by atoms with Gasteiger partial charge in [-0.3, -0.25) is 9.59 Å². The van der Waals surface area contributed by atoms with Gasteiger partial charge in [-0.05, 0) is 35.9 Å². The van der Waals surface area contributed by atoms with E-state index >= 15 is 0 Å². The molecule has 0 atom stereocenters. The van der Waals surface area contributed by atoms with Crippen molar-refractivity contribution in [2.24, 2.45) is 0 Å². The first-order valence-electron chi connectivity index (χ1n) is 5.88. The molecule has 0 aliphatic rings. The lowest BCUT2D eigenvalue weighted by Gasteiger charge is -1.96. The quantitative estimate of drug-likeness (QED) is 0.693. The Kier molecular flexibility index (Phi) is 4.48. The molecule has 0 fully saturated rings. The number of carbonyl (C=O) groups is 1. The third-order valence-electron chi connectivity index (χ3n) is 2.65. The van der Waals surface area contributed by atoms with Gasteiger partial charge in [-0.15, -0.1) is 0 Å². The van der Waals surface area contributed by atoms with Crippen molar-refractivity contribution in [2.45, 2.75) is 0 Å². The van der Waals surface area contributed by atoms with E-state index in [1.165, 1.54) is 24.3 Å². The van der Waals surface area contributed by atoms with Crippen LogP contribution in [0, 0.1) is 0 Å². The lowest BCUT2D eigenvalue weighted by molar-refractivity contribution is 0.104. The molecule has 0 bridgehead atoms. The number of halogens is 1. The van der Waals surface area contributed by atoms with Crippen LogP contribution >= 0.6 is 15.9 Å². The number of aromatic hydroxyl groups is 1. The Morgan fingerprint density at radius 2 is 1.85 bits per heavy atom. The zero-order valence-corrected chi connectivity index (χ0v) is 12.0. The molecule has 0 aliphatic heterocycles. The van der Waals surface area contributed by atoms with E-state index in [0.717, 1.165) is 10.0 Å². The van der Waals surface area contributed by atoms with Gasteiger partial charge in [0.25, 0.3) is 0 Å². The van der Waals surface area contributed by atoms with Crippen LogP contribution < -0.4 is 5.43 Å². The smallest absolute Gasteiger partial charge is 0.220 e. The van der Waals surface area contributed by atoms with Crippen LogP contribution in [0.15, 0.2) is 63.9 Å². The minimum Gasteiger partial charge on any atom is -0.504 e. The van der Waals surface area contributed by atoms with Crippen LogP contribution in [0.4, 0.5) is 0 Å². The SMILES string of the molecule is O=C(C=Cc1cccc(Br)c1)c1ccccc(=O)c1O. The van der Waals surface area contributed by atoms with Crippen molar-refractivity contribution in [2.75, 3.05) is 0 Å². The summed E-state index contributed by atoms with van der Waals surface area (Å²) in [6.07, 6.45) is 2.96. The molecule has 100 valence electrons. The van der Waals surface area contributed by atoms with Crippen LogP contribution in [0.2, 0.25) is 0 Å². The maximum absolute atomic E-state index is 12.0. The highest BCUT2D eigenvalue weighted by Gasteiger charge is 2.09. The highest BCUT2D eigenvalue weighted by molar-refractivity contribution is 9.10. The molecular weight excluding hydrogens is 320 g/mol. The van der Waals surface area contributed by atoms with E-state index in [0.29, 0.717) is 0 Å². The molecule has 0 saturated heterocycles. The van der Waals surface area contributed by atoms with Gasteiger partial charge < -0.3 is 5.11 Å². The van der Waals surface area contributed by atoms with Crippen LogP contribution in [0.3, 0.4) is 0 Å². The summed E-state index contributed by atoms with van der Waals surface area (Å²) in [4.78, 5) is 23.4.